The number of hydrogen-bond acceptors (Lipinski definition) is 5. The second-order valence-electron chi connectivity index (χ2n) is 7.85. The number of unbranched alkanes of at least 4 members (excludes halogenated alkanes) is 1. The maximum Gasteiger partial charge on any atom is 0.308 e. The fraction of sp³-hybridized carbons (Fsp3) is 0.619. The Balaban J connectivity index is 2.56. The Morgan fingerprint density at radius 1 is 0.963 bits per heavy atom. The second kappa shape index (κ2) is 11.7. The minimum atomic E-state index is -0.539. The molecule has 0 aliphatic carbocycles. The number of hydrogen-bond donors (Lipinski definition) is 0. The number of rotatable bonds is 11. The zero-order chi connectivity index (χ0) is 20.3. The average Bonchev–Trinajstić information content (AvgIpc) is 2.57. The monoisotopic (exact) mass is 378 g/mol. The highest BCUT2D eigenvalue weighted by Crippen LogP contribution is 2.11. The Morgan fingerprint density at radius 2 is 1.63 bits per heavy atom. The summed E-state index contributed by atoms with van der Waals surface area (Å²) in [5, 5.41) is 1.31. The minimum absolute atomic E-state index is 0.103. The summed E-state index contributed by atoms with van der Waals surface area (Å²) in [6.45, 7) is 6.89. The van der Waals surface area contributed by atoms with Crippen molar-refractivity contribution in [3.63, 3.8) is 0 Å². The lowest BCUT2D eigenvalue weighted by Gasteiger charge is -2.24. The molecule has 27 heavy (non-hydrogen) atoms. The summed E-state index contributed by atoms with van der Waals surface area (Å²) in [4.78, 5) is 32.3. The summed E-state index contributed by atoms with van der Waals surface area (Å²) in [6.07, 6.45) is 2.23. The second-order valence-corrected chi connectivity index (χ2v) is 7.85. The fourth-order valence-corrected chi connectivity index (χ4v) is 2.40. The standard InChI is InChI=1S/C21H34N2O4/c1-21(2,3)27-20(25)14-16-23(19(24)13-9-10-15-22(4)5)26-17-18-11-7-6-8-12-18/h6-8,11-12H,9-10,13-17H2,1-5H3. The largest absolute Gasteiger partial charge is 0.460 e. The first kappa shape index (κ1) is 23.1. The van der Waals surface area contributed by atoms with Gasteiger partial charge in [0.2, 0.25) is 5.91 Å². The van der Waals surface area contributed by atoms with E-state index in [-0.39, 0.29) is 24.8 Å². The van der Waals surface area contributed by atoms with Gasteiger partial charge in [-0.25, -0.2) is 5.06 Å². The van der Waals surface area contributed by atoms with E-state index >= 15 is 0 Å². The van der Waals surface area contributed by atoms with Gasteiger partial charge < -0.3 is 9.64 Å². The van der Waals surface area contributed by atoms with Crippen LogP contribution < -0.4 is 0 Å². The molecule has 0 spiro atoms. The lowest BCUT2D eigenvalue weighted by Crippen LogP contribution is -2.34. The lowest BCUT2D eigenvalue weighted by atomic mass is 10.2. The van der Waals surface area contributed by atoms with Crippen molar-refractivity contribution in [2.75, 3.05) is 27.2 Å². The van der Waals surface area contributed by atoms with Crippen molar-refractivity contribution < 1.29 is 19.2 Å². The number of benzene rings is 1. The van der Waals surface area contributed by atoms with E-state index in [2.05, 4.69) is 4.90 Å². The van der Waals surface area contributed by atoms with Crippen molar-refractivity contribution in [2.45, 2.75) is 58.7 Å². The Labute approximate surface area is 163 Å². The van der Waals surface area contributed by atoms with Gasteiger partial charge in [0.1, 0.15) is 12.2 Å². The van der Waals surface area contributed by atoms with Crippen molar-refractivity contribution in [3.05, 3.63) is 35.9 Å². The van der Waals surface area contributed by atoms with E-state index in [1.165, 1.54) is 5.06 Å². The van der Waals surface area contributed by atoms with Gasteiger partial charge in [-0.2, -0.15) is 0 Å². The Morgan fingerprint density at radius 3 is 2.22 bits per heavy atom. The van der Waals surface area contributed by atoms with Crippen LogP contribution in [0.3, 0.4) is 0 Å². The van der Waals surface area contributed by atoms with Crippen molar-refractivity contribution in [1.82, 2.24) is 9.96 Å². The molecule has 6 nitrogen and oxygen atoms in total. The zero-order valence-corrected chi connectivity index (χ0v) is 17.4. The molecule has 0 fully saturated rings. The molecule has 0 radical (unpaired) electrons. The fourth-order valence-electron chi connectivity index (χ4n) is 2.40. The molecule has 1 amide bonds. The van der Waals surface area contributed by atoms with Gasteiger partial charge >= 0.3 is 5.97 Å². The summed E-state index contributed by atoms with van der Waals surface area (Å²) in [5.41, 5.74) is 0.434. The number of carbonyl (C=O) groups is 2. The van der Waals surface area contributed by atoms with E-state index in [1.807, 2.05) is 65.2 Å². The van der Waals surface area contributed by atoms with Gasteiger partial charge in [-0.3, -0.25) is 14.4 Å². The molecule has 0 bridgehead atoms. The molecule has 0 aromatic heterocycles. The van der Waals surface area contributed by atoms with E-state index in [1.54, 1.807) is 0 Å². The molecule has 0 unspecified atom stereocenters. The third-order valence-electron chi connectivity index (χ3n) is 3.69. The summed E-state index contributed by atoms with van der Waals surface area (Å²) in [7, 11) is 4.02. The molecular formula is C21H34N2O4. The van der Waals surface area contributed by atoms with E-state index < -0.39 is 5.60 Å². The predicted molar refractivity (Wildman–Crippen MR) is 106 cm³/mol. The highest BCUT2D eigenvalue weighted by Gasteiger charge is 2.20. The van der Waals surface area contributed by atoms with Crippen LogP contribution >= 0.6 is 0 Å². The molecule has 1 rings (SSSR count). The molecule has 0 N–H and O–H groups in total. The van der Waals surface area contributed by atoms with Gasteiger partial charge in [0.25, 0.3) is 0 Å². The first-order valence-electron chi connectivity index (χ1n) is 9.51. The van der Waals surface area contributed by atoms with E-state index in [9.17, 15) is 9.59 Å². The van der Waals surface area contributed by atoms with Crippen LogP contribution in [0.5, 0.6) is 0 Å². The van der Waals surface area contributed by atoms with Crippen LogP contribution in [0.15, 0.2) is 30.3 Å². The SMILES string of the molecule is CN(C)CCCCC(=O)N(CCC(=O)OC(C)(C)C)OCc1ccccc1. The maximum atomic E-state index is 12.5. The topological polar surface area (TPSA) is 59.1 Å². The van der Waals surface area contributed by atoms with Crippen LogP contribution in [0.25, 0.3) is 0 Å². The Kier molecular flexibility index (Phi) is 10.0. The summed E-state index contributed by atoms with van der Waals surface area (Å²) in [6, 6.07) is 9.65. The third-order valence-corrected chi connectivity index (χ3v) is 3.69. The number of hydroxylamine groups is 2. The van der Waals surface area contributed by atoms with Crippen molar-refractivity contribution in [2.24, 2.45) is 0 Å². The van der Waals surface area contributed by atoms with Crippen LogP contribution in [0, 0.1) is 0 Å². The number of esters is 1. The molecule has 0 aliphatic heterocycles. The maximum absolute atomic E-state index is 12.5. The Hall–Kier alpha value is -1.92. The minimum Gasteiger partial charge on any atom is -0.460 e. The molecule has 0 saturated carbocycles. The molecule has 0 heterocycles. The van der Waals surface area contributed by atoms with Crippen LogP contribution in [-0.2, 0) is 25.8 Å². The highest BCUT2D eigenvalue weighted by molar-refractivity contribution is 5.76. The van der Waals surface area contributed by atoms with Crippen LogP contribution in [-0.4, -0.2) is 54.6 Å². The van der Waals surface area contributed by atoms with E-state index in [4.69, 9.17) is 9.57 Å². The predicted octanol–water partition coefficient (Wildman–Crippen LogP) is 3.41. The lowest BCUT2D eigenvalue weighted by molar-refractivity contribution is -0.194. The zero-order valence-electron chi connectivity index (χ0n) is 17.4. The molecule has 0 saturated heterocycles. The molecule has 1 aromatic rings. The first-order valence-corrected chi connectivity index (χ1v) is 9.51. The molecular weight excluding hydrogens is 344 g/mol. The normalized spacial score (nSPS) is 11.5. The van der Waals surface area contributed by atoms with Crippen LogP contribution in [0.2, 0.25) is 0 Å². The third kappa shape index (κ3) is 11.4. The Bertz CT molecular complexity index is 567. The highest BCUT2D eigenvalue weighted by atomic mass is 16.7. The van der Waals surface area contributed by atoms with Crippen LogP contribution in [0.4, 0.5) is 0 Å². The van der Waals surface area contributed by atoms with E-state index in [0.29, 0.717) is 13.0 Å². The molecule has 1 aromatic carbocycles. The van der Waals surface area contributed by atoms with E-state index in [0.717, 1.165) is 24.9 Å². The van der Waals surface area contributed by atoms with Crippen molar-refractivity contribution >= 4 is 11.9 Å². The number of nitrogens with zero attached hydrogens (tertiary/aromatic N) is 2. The average molecular weight is 379 g/mol. The quantitative estimate of drug-likeness (QED) is 0.335. The molecule has 152 valence electrons. The summed E-state index contributed by atoms with van der Waals surface area (Å²) >= 11 is 0. The van der Waals surface area contributed by atoms with Crippen LogP contribution in [0.1, 0.15) is 52.0 Å². The number of carbonyl (C=O) groups excluding carboxylic acids is 2. The first-order chi connectivity index (χ1) is 12.7. The number of amides is 1. The van der Waals surface area contributed by atoms with Gasteiger partial charge in [-0.1, -0.05) is 30.3 Å². The van der Waals surface area contributed by atoms with Gasteiger partial charge in [0.05, 0.1) is 13.0 Å². The smallest absolute Gasteiger partial charge is 0.308 e. The molecule has 0 atom stereocenters. The van der Waals surface area contributed by atoms with Crippen molar-refractivity contribution in [3.8, 4) is 0 Å². The molecule has 0 aliphatic rings. The van der Waals surface area contributed by atoms with Gasteiger partial charge in [-0.05, 0) is 59.8 Å². The number of ether oxygens (including phenoxy) is 1. The van der Waals surface area contributed by atoms with Crippen molar-refractivity contribution in [1.29, 1.82) is 0 Å². The van der Waals surface area contributed by atoms with Gasteiger partial charge in [-0.15, -0.1) is 0 Å². The molecule has 6 heteroatoms. The van der Waals surface area contributed by atoms with Gasteiger partial charge in [0.15, 0.2) is 0 Å². The summed E-state index contributed by atoms with van der Waals surface area (Å²) in [5.74, 6) is -0.440. The van der Waals surface area contributed by atoms with Gasteiger partial charge in [0, 0.05) is 6.42 Å². The summed E-state index contributed by atoms with van der Waals surface area (Å²) < 4.78 is 5.32.